The minimum absolute atomic E-state index is 0.0842. The second kappa shape index (κ2) is 9.08. The van der Waals surface area contributed by atoms with Gasteiger partial charge in [0.2, 0.25) is 0 Å². The van der Waals surface area contributed by atoms with Crippen LogP contribution in [0.3, 0.4) is 0 Å². The predicted molar refractivity (Wildman–Crippen MR) is 114 cm³/mol. The van der Waals surface area contributed by atoms with Gasteiger partial charge in [-0.25, -0.2) is 4.79 Å². The van der Waals surface area contributed by atoms with Crippen LogP contribution in [0.1, 0.15) is 15.9 Å². The number of thiocarbonyl (C=S) groups is 1. The minimum atomic E-state index is -0.700. The van der Waals surface area contributed by atoms with Crippen molar-refractivity contribution in [3.63, 3.8) is 0 Å². The number of nitro groups is 1. The van der Waals surface area contributed by atoms with Crippen LogP contribution < -0.4 is 4.74 Å². The highest BCUT2D eigenvalue weighted by Crippen LogP contribution is 2.36. The summed E-state index contributed by atoms with van der Waals surface area (Å²) in [5, 5.41) is 10.9. The molecule has 3 rings (SSSR count). The third-order valence-corrected chi connectivity index (χ3v) is 5.70. The number of benzene rings is 2. The first-order chi connectivity index (χ1) is 13.4. The Morgan fingerprint density at radius 1 is 1.14 bits per heavy atom. The number of carbonyl (C=O) groups excluding carboxylic acids is 1. The van der Waals surface area contributed by atoms with Crippen molar-refractivity contribution in [2.75, 3.05) is 26.3 Å². The standard InChI is InChI=1S/C18H14Br2N2O5S/c19-14-9-12(17(28)21-4-6-26-7-5-21)10-15(20)16(14)27-18(23)11-2-1-3-13(8-11)22(24)25/h1-3,8-10H,4-7H2. The molecular weight excluding hydrogens is 516 g/mol. The Morgan fingerprint density at radius 3 is 2.39 bits per heavy atom. The second-order valence-corrected chi connectivity index (χ2v) is 7.97. The maximum atomic E-state index is 12.4. The number of ether oxygens (including phenoxy) is 2. The van der Waals surface area contributed by atoms with Crippen molar-refractivity contribution in [1.29, 1.82) is 0 Å². The number of non-ortho nitro benzene ring substituents is 1. The van der Waals surface area contributed by atoms with Crippen molar-refractivity contribution in [2.45, 2.75) is 0 Å². The fourth-order valence-electron chi connectivity index (χ4n) is 2.63. The lowest BCUT2D eigenvalue weighted by Crippen LogP contribution is -2.40. The van der Waals surface area contributed by atoms with Gasteiger partial charge in [0.15, 0.2) is 5.75 Å². The lowest BCUT2D eigenvalue weighted by molar-refractivity contribution is -0.384. The zero-order chi connectivity index (χ0) is 20.3. The SMILES string of the molecule is O=C(Oc1c(Br)cc(C(=S)N2CCOCC2)cc1Br)c1cccc([N+](=O)[O-])c1. The summed E-state index contributed by atoms with van der Waals surface area (Å²) in [5.74, 6) is -0.432. The molecule has 2 aromatic carbocycles. The van der Waals surface area contributed by atoms with Crippen molar-refractivity contribution < 1.29 is 19.2 Å². The Hall–Kier alpha value is -1.88. The fraction of sp³-hybridized carbons (Fsp3) is 0.222. The molecule has 7 nitrogen and oxygen atoms in total. The number of morpholine rings is 1. The van der Waals surface area contributed by atoms with Gasteiger partial charge < -0.3 is 14.4 Å². The molecule has 0 saturated carbocycles. The maximum Gasteiger partial charge on any atom is 0.343 e. The molecule has 1 saturated heterocycles. The number of rotatable bonds is 4. The van der Waals surface area contributed by atoms with E-state index in [0.717, 1.165) is 18.7 Å². The molecule has 0 N–H and O–H groups in total. The molecular formula is C18H14Br2N2O5S. The summed E-state index contributed by atoms with van der Waals surface area (Å²) in [6, 6.07) is 8.93. The van der Waals surface area contributed by atoms with Gasteiger partial charge in [-0.2, -0.15) is 0 Å². The van der Waals surface area contributed by atoms with E-state index in [-0.39, 0.29) is 17.0 Å². The van der Waals surface area contributed by atoms with Gasteiger partial charge in [0.25, 0.3) is 5.69 Å². The highest BCUT2D eigenvalue weighted by molar-refractivity contribution is 9.11. The average Bonchev–Trinajstić information content (AvgIpc) is 2.70. The van der Waals surface area contributed by atoms with Gasteiger partial charge in [-0.05, 0) is 50.1 Å². The van der Waals surface area contributed by atoms with Crippen LogP contribution in [0.5, 0.6) is 5.75 Å². The Balaban J connectivity index is 1.81. The van der Waals surface area contributed by atoms with Crippen molar-refractivity contribution >= 4 is 60.7 Å². The molecule has 0 aromatic heterocycles. The fourth-order valence-corrected chi connectivity index (χ4v) is 4.28. The number of nitro benzene ring substituents is 1. The molecule has 1 aliphatic heterocycles. The van der Waals surface area contributed by atoms with E-state index in [1.165, 1.54) is 24.3 Å². The van der Waals surface area contributed by atoms with E-state index in [4.69, 9.17) is 21.7 Å². The van der Waals surface area contributed by atoms with Crippen LogP contribution in [-0.2, 0) is 4.74 Å². The van der Waals surface area contributed by atoms with Gasteiger partial charge in [0, 0.05) is 30.8 Å². The van der Waals surface area contributed by atoms with Crippen LogP contribution in [0.4, 0.5) is 5.69 Å². The number of halogens is 2. The van der Waals surface area contributed by atoms with E-state index in [1.807, 2.05) is 0 Å². The molecule has 0 bridgehead atoms. The number of hydrogen-bond donors (Lipinski definition) is 0. The van der Waals surface area contributed by atoms with Gasteiger partial charge in [0.1, 0.15) is 4.99 Å². The van der Waals surface area contributed by atoms with Gasteiger partial charge in [0.05, 0.1) is 32.6 Å². The van der Waals surface area contributed by atoms with Crippen LogP contribution in [0.15, 0.2) is 45.3 Å². The molecule has 1 heterocycles. The third kappa shape index (κ3) is 4.75. The van der Waals surface area contributed by atoms with Crippen molar-refractivity contribution in [1.82, 2.24) is 4.90 Å². The summed E-state index contributed by atoms with van der Waals surface area (Å²) in [6.07, 6.45) is 0. The second-order valence-electron chi connectivity index (χ2n) is 5.87. The molecule has 146 valence electrons. The van der Waals surface area contributed by atoms with Crippen LogP contribution in [0, 0.1) is 10.1 Å². The van der Waals surface area contributed by atoms with Crippen LogP contribution in [0.2, 0.25) is 0 Å². The minimum Gasteiger partial charge on any atom is -0.421 e. The zero-order valence-corrected chi connectivity index (χ0v) is 18.4. The third-order valence-electron chi connectivity index (χ3n) is 4.03. The maximum absolute atomic E-state index is 12.4. The summed E-state index contributed by atoms with van der Waals surface area (Å²) < 4.78 is 11.9. The van der Waals surface area contributed by atoms with E-state index >= 15 is 0 Å². The summed E-state index contributed by atoms with van der Waals surface area (Å²) in [5.41, 5.74) is 0.700. The molecule has 10 heteroatoms. The smallest absolute Gasteiger partial charge is 0.343 e. The first-order valence-electron chi connectivity index (χ1n) is 8.19. The van der Waals surface area contributed by atoms with Crippen LogP contribution >= 0.6 is 44.1 Å². The van der Waals surface area contributed by atoms with Crippen molar-refractivity contribution in [2.24, 2.45) is 0 Å². The molecule has 0 atom stereocenters. The average molecular weight is 530 g/mol. The highest BCUT2D eigenvalue weighted by Gasteiger charge is 2.20. The topological polar surface area (TPSA) is 81.9 Å². The van der Waals surface area contributed by atoms with Gasteiger partial charge in [-0.1, -0.05) is 18.3 Å². The molecule has 0 amide bonds. The molecule has 1 fully saturated rings. The van der Waals surface area contributed by atoms with Gasteiger partial charge in [-0.3, -0.25) is 10.1 Å². The monoisotopic (exact) mass is 528 g/mol. The summed E-state index contributed by atoms with van der Waals surface area (Å²) in [4.78, 5) is 25.5. The predicted octanol–water partition coefficient (Wildman–Crippen LogP) is 4.35. The Bertz CT molecular complexity index is 924. The highest BCUT2D eigenvalue weighted by atomic mass is 79.9. The van der Waals surface area contributed by atoms with Crippen molar-refractivity contribution in [3.05, 3.63) is 66.6 Å². The number of hydrogen-bond acceptors (Lipinski definition) is 6. The largest absolute Gasteiger partial charge is 0.421 e. The first kappa shape index (κ1) is 20.8. The Labute approximate surface area is 183 Å². The number of nitrogens with zero attached hydrogens (tertiary/aromatic N) is 2. The molecule has 1 aliphatic rings. The Kier molecular flexibility index (Phi) is 6.76. The number of carbonyl (C=O) groups is 1. The molecule has 2 aromatic rings. The Morgan fingerprint density at radius 2 is 1.79 bits per heavy atom. The van der Waals surface area contributed by atoms with Crippen LogP contribution in [-0.4, -0.2) is 47.1 Å². The molecule has 0 unspecified atom stereocenters. The lowest BCUT2D eigenvalue weighted by Gasteiger charge is -2.29. The molecule has 0 spiro atoms. The van der Waals surface area contributed by atoms with E-state index in [9.17, 15) is 14.9 Å². The van der Waals surface area contributed by atoms with Crippen molar-refractivity contribution in [3.8, 4) is 5.75 Å². The van der Waals surface area contributed by atoms with E-state index in [1.54, 1.807) is 12.1 Å². The van der Waals surface area contributed by atoms with E-state index < -0.39 is 10.9 Å². The quantitative estimate of drug-likeness (QED) is 0.191. The van der Waals surface area contributed by atoms with E-state index in [0.29, 0.717) is 27.1 Å². The van der Waals surface area contributed by atoms with Gasteiger partial charge >= 0.3 is 5.97 Å². The van der Waals surface area contributed by atoms with Gasteiger partial charge in [-0.15, -0.1) is 0 Å². The summed E-state index contributed by atoms with van der Waals surface area (Å²) in [6.45, 7) is 2.69. The van der Waals surface area contributed by atoms with Crippen LogP contribution in [0.25, 0.3) is 0 Å². The normalized spacial score (nSPS) is 13.9. The molecule has 0 radical (unpaired) electrons. The molecule has 0 aliphatic carbocycles. The number of esters is 1. The van der Waals surface area contributed by atoms with E-state index in [2.05, 4.69) is 36.8 Å². The summed E-state index contributed by atoms with van der Waals surface area (Å²) >= 11 is 12.4. The lowest BCUT2D eigenvalue weighted by atomic mass is 10.2. The molecule has 28 heavy (non-hydrogen) atoms. The first-order valence-corrected chi connectivity index (χ1v) is 10.2. The zero-order valence-electron chi connectivity index (χ0n) is 14.4. The summed E-state index contributed by atoms with van der Waals surface area (Å²) in [7, 11) is 0.